The third kappa shape index (κ3) is 2.69. The molecule has 2 nitrogen and oxygen atoms in total. The minimum atomic E-state index is 0.305. The third-order valence-electron chi connectivity index (χ3n) is 4.38. The average Bonchev–Trinajstić information content (AvgIpc) is 2.61. The molecule has 1 fully saturated rings. The molecular formula is C16H25NO. The maximum Gasteiger partial charge on any atom is 0.119 e. The van der Waals surface area contributed by atoms with Crippen molar-refractivity contribution in [1.29, 1.82) is 0 Å². The summed E-state index contributed by atoms with van der Waals surface area (Å²) in [5, 5.41) is 0. The lowest BCUT2D eigenvalue weighted by atomic mass is 9.74. The van der Waals surface area contributed by atoms with Gasteiger partial charge in [0.05, 0.1) is 7.11 Å². The summed E-state index contributed by atoms with van der Waals surface area (Å²) in [4.78, 5) is 2.48. The van der Waals surface area contributed by atoms with Gasteiger partial charge in [0.2, 0.25) is 0 Å². The molecule has 0 spiro atoms. The molecule has 1 saturated heterocycles. The Morgan fingerprint density at radius 2 is 2.17 bits per heavy atom. The molecule has 0 amide bonds. The molecule has 0 radical (unpaired) electrons. The van der Waals surface area contributed by atoms with Crippen molar-refractivity contribution < 1.29 is 4.74 Å². The SMILES string of the molecule is CC[C@@]1(c2cccc(OC)c2)CCCCN(C)C1. The summed E-state index contributed by atoms with van der Waals surface area (Å²) in [5.41, 5.74) is 1.75. The number of hydrogen-bond donors (Lipinski definition) is 0. The highest BCUT2D eigenvalue weighted by molar-refractivity contribution is 5.34. The van der Waals surface area contributed by atoms with Crippen LogP contribution in [0.1, 0.15) is 38.2 Å². The van der Waals surface area contributed by atoms with Crippen molar-refractivity contribution in [3.05, 3.63) is 29.8 Å². The number of benzene rings is 1. The fourth-order valence-electron chi connectivity index (χ4n) is 3.20. The van der Waals surface area contributed by atoms with Crippen LogP contribution in [0.25, 0.3) is 0 Å². The smallest absolute Gasteiger partial charge is 0.119 e. The Hall–Kier alpha value is -1.02. The number of hydrogen-bond acceptors (Lipinski definition) is 2. The lowest BCUT2D eigenvalue weighted by molar-refractivity contribution is 0.256. The number of ether oxygens (including phenoxy) is 1. The first-order valence-electron chi connectivity index (χ1n) is 7.03. The van der Waals surface area contributed by atoms with Gasteiger partial charge < -0.3 is 9.64 Å². The molecule has 1 aromatic rings. The van der Waals surface area contributed by atoms with Crippen molar-refractivity contribution in [2.75, 3.05) is 27.2 Å². The van der Waals surface area contributed by atoms with Gasteiger partial charge in [-0.15, -0.1) is 0 Å². The highest BCUT2D eigenvalue weighted by Gasteiger charge is 2.33. The quantitative estimate of drug-likeness (QED) is 0.811. The van der Waals surface area contributed by atoms with Crippen LogP contribution in [0.3, 0.4) is 0 Å². The lowest BCUT2D eigenvalue weighted by Crippen LogP contribution is -2.37. The monoisotopic (exact) mass is 247 g/mol. The van der Waals surface area contributed by atoms with Crippen LogP contribution >= 0.6 is 0 Å². The normalized spacial score (nSPS) is 25.7. The van der Waals surface area contributed by atoms with Gasteiger partial charge in [-0.1, -0.05) is 25.5 Å². The van der Waals surface area contributed by atoms with Crippen molar-refractivity contribution >= 4 is 0 Å². The van der Waals surface area contributed by atoms with E-state index in [0.29, 0.717) is 5.41 Å². The Morgan fingerprint density at radius 1 is 1.33 bits per heavy atom. The van der Waals surface area contributed by atoms with Crippen LogP contribution in [0.15, 0.2) is 24.3 Å². The van der Waals surface area contributed by atoms with Gasteiger partial charge in [0.1, 0.15) is 5.75 Å². The maximum atomic E-state index is 5.38. The molecule has 1 aliphatic rings. The Labute approximate surface area is 111 Å². The van der Waals surface area contributed by atoms with Crippen LogP contribution in [0.2, 0.25) is 0 Å². The fraction of sp³-hybridized carbons (Fsp3) is 0.625. The van der Waals surface area contributed by atoms with Crippen LogP contribution in [0.4, 0.5) is 0 Å². The van der Waals surface area contributed by atoms with E-state index < -0.39 is 0 Å². The molecule has 1 aliphatic heterocycles. The van der Waals surface area contributed by atoms with E-state index in [-0.39, 0.29) is 0 Å². The zero-order chi connectivity index (χ0) is 13.0. The number of methoxy groups -OCH3 is 1. The third-order valence-corrected chi connectivity index (χ3v) is 4.38. The van der Waals surface area contributed by atoms with E-state index in [1.165, 1.54) is 37.8 Å². The van der Waals surface area contributed by atoms with Crippen molar-refractivity contribution in [2.45, 2.75) is 38.0 Å². The predicted octanol–water partition coefficient (Wildman–Crippen LogP) is 3.46. The van der Waals surface area contributed by atoms with E-state index in [1.807, 2.05) is 6.07 Å². The highest BCUT2D eigenvalue weighted by atomic mass is 16.5. The second kappa shape index (κ2) is 5.75. The van der Waals surface area contributed by atoms with E-state index in [9.17, 15) is 0 Å². The minimum absolute atomic E-state index is 0.305. The second-order valence-corrected chi connectivity index (χ2v) is 5.56. The largest absolute Gasteiger partial charge is 0.497 e. The van der Waals surface area contributed by atoms with Crippen molar-refractivity contribution in [2.24, 2.45) is 0 Å². The van der Waals surface area contributed by atoms with E-state index in [1.54, 1.807) is 7.11 Å². The number of likely N-dealkylation sites (tertiary alicyclic amines) is 1. The van der Waals surface area contributed by atoms with Crippen molar-refractivity contribution in [3.63, 3.8) is 0 Å². The topological polar surface area (TPSA) is 12.5 Å². The summed E-state index contributed by atoms with van der Waals surface area (Å²) in [7, 11) is 3.99. The second-order valence-electron chi connectivity index (χ2n) is 5.56. The van der Waals surface area contributed by atoms with Gasteiger partial charge in [-0.3, -0.25) is 0 Å². The van der Waals surface area contributed by atoms with Crippen LogP contribution < -0.4 is 4.74 Å². The summed E-state index contributed by atoms with van der Waals surface area (Å²) in [5.74, 6) is 0.979. The van der Waals surface area contributed by atoms with Gasteiger partial charge in [-0.25, -0.2) is 0 Å². The summed E-state index contributed by atoms with van der Waals surface area (Å²) in [6.07, 6.45) is 5.14. The van der Waals surface area contributed by atoms with Crippen LogP contribution in [0, 0.1) is 0 Å². The van der Waals surface area contributed by atoms with Crippen molar-refractivity contribution in [1.82, 2.24) is 4.90 Å². The van der Waals surface area contributed by atoms with Gasteiger partial charge in [0, 0.05) is 12.0 Å². The first-order valence-corrected chi connectivity index (χ1v) is 7.03. The zero-order valence-electron chi connectivity index (χ0n) is 11.9. The minimum Gasteiger partial charge on any atom is -0.497 e. The molecule has 0 saturated carbocycles. The van der Waals surface area contributed by atoms with Crippen molar-refractivity contribution in [3.8, 4) is 5.75 Å². The lowest BCUT2D eigenvalue weighted by Gasteiger charge is -2.35. The number of nitrogens with zero attached hydrogens (tertiary/aromatic N) is 1. The van der Waals surface area contributed by atoms with E-state index in [4.69, 9.17) is 4.74 Å². The number of likely N-dealkylation sites (N-methyl/N-ethyl adjacent to an activating group) is 1. The van der Waals surface area contributed by atoms with Crippen LogP contribution in [-0.4, -0.2) is 32.1 Å². The first kappa shape index (κ1) is 13.4. The first-order chi connectivity index (χ1) is 8.70. The molecule has 2 heteroatoms. The molecule has 0 N–H and O–H groups in total. The molecule has 0 bridgehead atoms. The highest BCUT2D eigenvalue weighted by Crippen LogP contribution is 2.37. The average molecular weight is 247 g/mol. The fourth-order valence-corrected chi connectivity index (χ4v) is 3.20. The molecule has 2 rings (SSSR count). The Morgan fingerprint density at radius 3 is 2.89 bits per heavy atom. The molecule has 18 heavy (non-hydrogen) atoms. The van der Waals surface area contributed by atoms with Gasteiger partial charge in [0.25, 0.3) is 0 Å². The predicted molar refractivity (Wildman–Crippen MR) is 76.3 cm³/mol. The molecule has 0 aliphatic carbocycles. The van der Waals surface area contributed by atoms with Gasteiger partial charge >= 0.3 is 0 Å². The van der Waals surface area contributed by atoms with Gasteiger partial charge in [-0.05, 0) is 50.6 Å². The molecule has 1 atom stereocenters. The Balaban J connectivity index is 2.34. The molecule has 1 heterocycles. The molecule has 0 aromatic heterocycles. The summed E-state index contributed by atoms with van der Waals surface area (Å²) in [6.45, 7) is 4.71. The Kier molecular flexibility index (Phi) is 4.28. The summed E-state index contributed by atoms with van der Waals surface area (Å²) in [6, 6.07) is 8.65. The van der Waals surface area contributed by atoms with E-state index in [0.717, 1.165) is 12.3 Å². The number of rotatable bonds is 3. The zero-order valence-corrected chi connectivity index (χ0v) is 11.9. The molecule has 0 unspecified atom stereocenters. The van der Waals surface area contributed by atoms with E-state index >= 15 is 0 Å². The summed E-state index contributed by atoms with van der Waals surface area (Å²) >= 11 is 0. The molecular weight excluding hydrogens is 222 g/mol. The Bertz CT molecular complexity index is 390. The molecule has 100 valence electrons. The van der Waals surface area contributed by atoms with Gasteiger partial charge in [0.15, 0.2) is 0 Å². The summed E-state index contributed by atoms with van der Waals surface area (Å²) < 4.78 is 5.38. The standard InChI is InChI=1S/C16H25NO/c1-4-16(10-5-6-11-17(2)13-16)14-8-7-9-15(12-14)18-3/h7-9,12H,4-6,10-11,13H2,1-3H3/t16-/m1/s1. The van der Waals surface area contributed by atoms with Gasteiger partial charge in [-0.2, -0.15) is 0 Å². The van der Waals surface area contributed by atoms with E-state index in [2.05, 4.69) is 37.1 Å². The van der Waals surface area contributed by atoms with Crippen LogP contribution in [0.5, 0.6) is 5.75 Å². The van der Waals surface area contributed by atoms with Crippen LogP contribution in [-0.2, 0) is 5.41 Å². The maximum absolute atomic E-state index is 5.38. The molecule has 1 aromatic carbocycles.